The first kappa shape index (κ1) is 14.6. The Kier molecular flexibility index (Phi) is 4.12. The summed E-state index contributed by atoms with van der Waals surface area (Å²) >= 11 is 5.84. The highest BCUT2D eigenvalue weighted by molar-refractivity contribution is 6.73. The van der Waals surface area contributed by atoms with Crippen LogP contribution in [0.5, 0.6) is 5.75 Å². The van der Waals surface area contributed by atoms with Gasteiger partial charge in [-0.1, -0.05) is 41.8 Å². The molecule has 3 rings (SSSR count). The van der Waals surface area contributed by atoms with Gasteiger partial charge in [0.25, 0.3) is 0 Å². The maximum atomic E-state index is 13.3. The molecule has 0 aliphatic carbocycles. The summed E-state index contributed by atoms with van der Waals surface area (Å²) in [6.45, 7) is 3.34. The number of pyridine rings is 1. The van der Waals surface area contributed by atoms with E-state index < -0.39 is 12.7 Å². The van der Waals surface area contributed by atoms with Crippen molar-refractivity contribution >= 4 is 34.9 Å². The first-order valence-corrected chi connectivity index (χ1v) is 7.15. The maximum absolute atomic E-state index is 13.3. The molecule has 0 aliphatic heterocycles. The summed E-state index contributed by atoms with van der Waals surface area (Å²) in [4.78, 5) is 4.35. The molecular formula is C17H12BClFNO. The molecule has 0 spiro atoms. The zero-order valence-corrected chi connectivity index (χ0v) is 12.4. The van der Waals surface area contributed by atoms with Gasteiger partial charge in [0, 0.05) is 11.6 Å². The van der Waals surface area contributed by atoms with Gasteiger partial charge >= 0.3 is 6.92 Å². The molecule has 0 aliphatic rings. The minimum atomic E-state index is -0.458. The molecule has 2 nitrogen and oxygen atoms in total. The van der Waals surface area contributed by atoms with Gasteiger partial charge in [-0.25, -0.2) is 4.39 Å². The van der Waals surface area contributed by atoms with Crippen molar-refractivity contribution in [2.45, 2.75) is 0 Å². The Balaban J connectivity index is 1.98. The Labute approximate surface area is 133 Å². The Morgan fingerprint density at radius 2 is 2.00 bits per heavy atom. The summed E-state index contributed by atoms with van der Waals surface area (Å²) in [5, 5.41) is 1.05. The van der Waals surface area contributed by atoms with E-state index in [1.807, 2.05) is 30.3 Å². The summed E-state index contributed by atoms with van der Waals surface area (Å²) in [6, 6.07) is 14.0. The Morgan fingerprint density at radius 3 is 2.77 bits per heavy atom. The van der Waals surface area contributed by atoms with Gasteiger partial charge in [0.2, 0.25) is 0 Å². The van der Waals surface area contributed by atoms with Crippen LogP contribution in [0.1, 0.15) is 0 Å². The van der Waals surface area contributed by atoms with Crippen molar-refractivity contribution in [2.24, 2.45) is 0 Å². The molecular weight excluding hydrogens is 299 g/mol. The van der Waals surface area contributed by atoms with E-state index in [1.54, 1.807) is 24.3 Å². The van der Waals surface area contributed by atoms with Crippen LogP contribution in [-0.4, -0.2) is 11.9 Å². The second kappa shape index (κ2) is 6.20. The van der Waals surface area contributed by atoms with Crippen LogP contribution >= 0.6 is 11.6 Å². The number of aromatic nitrogens is 1. The lowest BCUT2D eigenvalue weighted by Crippen LogP contribution is -2.35. The summed E-state index contributed by atoms with van der Waals surface area (Å²) in [6.07, 6.45) is 1.72. The quantitative estimate of drug-likeness (QED) is 0.679. The van der Waals surface area contributed by atoms with Gasteiger partial charge in [-0.05, 0) is 29.7 Å². The summed E-state index contributed by atoms with van der Waals surface area (Å²) in [5.74, 6) is 1.83. The number of benzene rings is 2. The predicted octanol–water partition coefficient (Wildman–Crippen LogP) is 4.03. The third-order valence-corrected chi connectivity index (χ3v) is 3.63. The van der Waals surface area contributed by atoms with Gasteiger partial charge in [0.05, 0.1) is 5.02 Å². The van der Waals surface area contributed by atoms with Gasteiger partial charge in [0.15, 0.2) is 0 Å². The van der Waals surface area contributed by atoms with Crippen LogP contribution in [-0.2, 0) is 0 Å². The topological polar surface area (TPSA) is 22.1 Å². The standard InChI is InChI=1S/C17H12BClFNO/c1-2-18(13-8-9-15(20)14(19)11-13)22-16-7-3-5-12-6-4-10-21-17(12)16/h2-11H,1H2. The van der Waals surface area contributed by atoms with E-state index in [4.69, 9.17) is 16.3 Å². The molecule has 0 atom stereocenters. The van der Waals surface area contributed by atoms with Gasteiger partial charge in [-0.3, -0.25) is 4.98 Å². The first-order valence-electron chi connectivity index (χ1n) is 6.77. The van der Waals surface area contributed by atoms with Crippen LogP contribution in [0, 0.1) is 5.82 Å². The van der Waals surface area contributed by atoms with E-state index in [-0.39, 0.29) is 5.02 Å². The molecule has 1 heterocycles. The lowest BCUT2D eigenvalue weighted by Gasteiger charge is -2.14. The fourth-order valence-electron chi connectivity index (χ4n) is 2.25. The van der Waals surface area contributed by atoms with Gasteiger partial charge in [-0.2, -0.15) is 0 Å². The lowest BCUT2D eigenvalue weighted by molar-refractivity contribution is 0.596. The molecule has 1 aromatic heterocycles. The number of para-hydroxylation sites is 1. The number of hydrogen-bond acceptors (Lipinski definition) is 2. The van der Waals surface area contributed by atoms with Crippen LogP contribution in [0.25, 0.3) is 10.9 Å². The highest BCUT2D eigenvalue weighted by Gasteiger charge is 2.19. The Morgan fingerprint density at radius 1 is 1.18 bits per heavy atom. The Hall–Kier alpha value is -2.33. The maximum Gasteiger partial charge on any atom is 0.418 e. The van der Waals surface area contributed by atoms with Gasteiger partial charge in [0.1, 0.15) is 17.1 Å². The molecule has 0 saturated carbocycles. The van der Waals surface area contributed by atoms with Crippen LogP contribution < -0.4 is 10.1 Å². The number of hydrogen-bond donors (Lipinski definition) is 0. The summed E-state index contributed by atoms with van der Waals surface area (Å²) in [7, 11) is 0. The monoisotopic (exact) mass is 311 g/mol. The predicted molar refractivity (Wildman–Crippen MR) is 89.4 cm³/mol. The first-order chi connectivity index (χ1) is 10.7. The molecule has 22 heavy (non-hydrogen) atoms. The van der Waals surface area contributed by atoms with Crippen molar-refractivity contribution in [2.75, 3.05) is 0 Å². The van der Waals surface area contributed by atoms with Crippen LogP contribution in [0.2, 0.25) is 5.02 Å². The van der Waals surface area contributed by atoms with Gasteiger partial charge in [-0.15, -0.1) is 6.58 Å². The normalized spacial score (nSPS) is 10.5. The SMILES string of the molecule is C=CB(Oc1cccc2cccnc12)c1ccc(F)c(Cl)c1. The van der Waals surface area contributed by atoms with Gasteiger partial charge < -0.3 is 4.65 Å². The highest BCUT2D eigenvalue weighted by Crippen LogP contribution is 2.23. The van der Waals surface area contributed by atoms with E-state index in [1.165, 1.54) is 6.07 Å². The van der Waals surface area contributed by atoms with E-state index in [0.717, 1.165) is 16.4 Å². The van der Waals surface area contributed by atoms with E-state index in [2.05, 4.69) is 11.6 Å². The smallest absolute Gasteiger partial charge is 0.418 e. The van der Waals surface area contributed by atoms with Crippen molar-refractivity contribution in [3.63, 3.8) is 0 Å². The molecule has 0 unspecified atom stereocenters. The van der Waals surface area contributed by atoms with Crippen molar-refractivity contribution in [1.29, 1.82) is 0 Å². The molecule has 0 N–H and O–H groups in total. The minimum absolute atomic E-state index is 0.0593. The second-order valence-electron chi connectivity index (χ2n) is 4.78. The fourth-order valence-corrected chi connectivity index (χ4v) is 2.44. The molecule has 0 fully saturated rings. The third kappa shape index (κ3) is 2.83. The largest absolute Gasteiger partial charge is 0.550 e. The molecule has 0 radical (unpaired) electrons. The van der Waals surface area contributed by atoms with Crippen molar-refractivity contribution in [1.82, 2.24) is 4.98 Å². The molecule has 2 aromatic carbocycles. The average Bonchev–Trinajstić information content (AvgIpc) is 2.55. The van der Waals surface area contributed by atoms with Crippen LogP contribution in [0.15, 0.2) is 67.3 Å². The average molecular weight is 312 g/mol. The van der Waals surface area contributed by atoms with Crippen LogP contribution in [0.3, 0.4) is 0 Å². The molecule has 0 saturated heterocycles. The third-order valence-electron chi connectivity index (χ3n) is 3.34. The zero-order valence-electron chi connectivity index (χ0n) is 11.7. The zero-order chi connectivity index (χ0) is 15.5. The van der Waals surface area contributed by atoms with E-state index >= 15 is 0 Å². The number of halogens is 2. The molecule has 0 amide bonds. The highest BCUT2D eigenvalue weighted by atomic mass is 35.5. The van der Waals surface area contributed by atoms with E-state index in [0.29, 0.717) is 5.75 Å². The molecule has 3 aromatic rings. The lowest BCUT2D eigenvalue weighted by atomic mass is 9.61. The molecule has 0 bridgehead atoms. The number of rotatable bonds is 4. The van der Waals surface area contributed by atoms with Crippen molar-refractivity contribution in [3.05, 3.63) is 78.1 Å². The minimum Gasteiger partial charge on any atom is -0.550 e. The Bertz CT molecular complexity index is 835. The van der Waals surface area contributed by atoms with Crippen molar-refractivity contribution in [3.8, 4) is 5.75 Å². The second-order valence-corrected chi connectivity index (χ2v) is 5.19. The molecule has 5 heteroatoms. The van der Waals surface area contributed by atoms with Crippen LogP contribution in [0.4, 0.5) is 4.39 Å². The number of fused-ring (bicyclic) bond motifs is 1. The number of nitrogens with zero attached hydrogens (tertiary/aromatic N) is 1. The van der Waals surface area contributed by atoms with Crippen molar-refractivity contribution < 1.29 is 9.04 Å². The summed E-state index contributed by atoms with van der Waals surface area (Å²) < 4.78 is 19.3. The molecule has 108 valence electrons. The summed E-state index contributed by atoms with van der Waals surface area (Å²) in [5.41, 5.74) is 1.50. The fraction of sp³-hybridized carbons (Fsp3) is 0. The van der Waals surface area contributed by atoms with E-state index in [9.17, 15) is 4.39 Å².